The lowest BCUT2D eigenvalue weighted by Crippen LogP contribution is -2.38. The van der Waals surface area contributed by atoms with Crippen LogP contribution < -0.4 is 5.32 Å². The van der Waals surface area contributed by atoms with Crippen molar-refractivity contribution in [3.8, 4) is 0 Å². The number of rotatable bonds is 7. The van der Waals surface area contributed by atoms with E-state index in [4.69, 9.17) is 0 Å². The molecule has 0 bridgehead atoms. The highest BCUT2D eigenvalue weighted by Crippen LogP contribution is 2.10. The summed E-state index contributed by atoms with van der Waals surface area (Å²) in [7, 11) is 0. The minimum atomic E-state index is 0.154. The number of carbonyl (C=O) groups is 1. The standard InChI is InChI=1S/C16H24BrNO/c1-12(2)15(9-10-17)18-16(19)8-7-14-6-4-5-13(3)11-14/h4-6,11-12,15H,7-10H2,1-3H3,(H,18,19). The second-order valence-electron chi connectivity index (χ2n) is 5.38. The molecule has 0 fully saturated rings. The quantitative estimate of drug-likeness (QED) is 0.758. The minimum Gasteiger partial charge on any atom is -0.353 e. The molecule has 0 saturated heterocycles. The lowest BCUT2D eigenvalue weighted by molar-refractivity contribution is -0.122. The smallest absolute Gasteiger partial charge is 0.220 e. The number of halogens is 1. The fourth-order valence-corrected chi connectivity index (χ4v) is 2.59. The van der Waals surface area contributed by atoms with Crippen molar-refractivity contribution in [2.24, 2.45) is 5.92 Å². The Kier molecular flexibility index (Phi) is 7.14. The van der Waals surface area contributed by atoms with E-state index in [9.17, 15) is 4.79 Å². The molecule has 3 heteroatoms. The Morgan fingerprint density at radius 3 is 2.68 bits per heavy atom. The van der Waals surface area contributed by atoms with Crippen LogP contribution in [0.5, 0.6) is 0 Å². The molecule has 0 heterocycles. The summed E-state index contributed by atoms with van der Waals surface area (Å²) in [6.07, 6.45) is 2.36. The van der Waals surface area contributed by atoms with E-state index in [-0.39, 0.29) is 11.9 Å². The number of hydrogen-bond acceptors (Lipinski definition) is 1. The predicted molar refractivity (Wildman–Crippen MR) is 84.7 cm³/mol. The average molecular weight is 326 g/mol. The second kappa shape index (κ2) is 8.36. The van der Waals surface area contributed by atoms with Crippen LogP contribution in [0, 0.1) is 12.8 Å². The number of hydrogen-bond donors (Lipinski definition) is 1. The van der Waals surface area contributed by atoms with Crippen LogP contribution in [0.2, 0.25) is 0 Å². The third-order valence-corrected chi connectivity index (χ3v) is 3.75. The first-order chi connectivity index (χ1) is 9.02. The number of alkyl halides is 1. The van der Waals surface area contributed by atoms with Gasteiger partial charge in [0, 0.05) is 17.8 Å². The summed E-state index contributed by atoms with van der Waals surface area (Å²) in [4.78, 5) is 12.0. The van der Waals surface area contributed by atoms with Crippen LogP contribution in [0.4, 0.5) is 0 Å². The Labute approximate surface area is 125 Å². The summed E-state index contributed by atoms with van der Waals surface area (Å²) in [5.74, 6) is 0.627. The largest absolute Gasteiger partial charge is 0.353 e. The number of amides is 1. The van der Waals surface area contributed by atoms with Crippen molar-refractivity contribution in [3.63, 3.8) is 0 Å². The molecule has 1 aromatic rings. The van der Waals surface area contributed by atoms with E-state index < -0.39 is 0 Å². The zero-order valence-electron chi connectivity index (χ0n) is 12.1. The van der Waals surface area contributed by atoms with E-state index in [1.54, 1.807) is 0 Å². The van der Waals surface area contributed by atoms with Gasteiger partial charge in [-0.15, -0.1) is 0 Å². The van der Waals surface area contributed by atoms with E-state index >= 15 is 0 Å². The minimum absolute atomic E-state index is 0.154. The maximum Gasteiger partial charge on any atom is 0.220 e. The van der Waals surface area contributed by atoms with Gasteiger partial charge in [0.1, 0.15) is 0 Å². The Morgan fingerprint density at radius 2 is 2.11 bits per heavy atom. The average Bonchev–Trinajstić information content (AvgIpc) is 2.36. The molecule has 0 aromatic heterocycles. The Hall–Kier alpha value is -0.830. The molecule has 1 N–H and O–H groups in total. The highest BCUT2D eigenvalue weighted by molar-refractivity contribution is 9.09. The summed E-state index contributed by atoms with van der Waals surface area (Å²) < 4.78 is 0. The van der Waals surface area contributed by atoms with Gasteiger partial charge in [-0.3, -0.25) is 4.79 Å². The molecule has 1 amide bonds. The van der Waals surface area contributed by atoms with Crippen LogP contribution in [-0.2, 0) is 11.2 Å². The van der Waals surface area contributed by atoms with Gasteiger partial charge in [-0.05, 0) is 31.2 Å². The van der Waals surface area contributed by atoms with Crippen molar-refractivity contribution in [3.05, 3.63) is 35.4 Å². The topological polar surface area (TPSA) is 29.1 Å². The van der Waals surface area contributed by atoms with Gasteiger partial charge >= 0.3 is 0 Å². The van der Waals surface area contributed by atoms with Gasteiger partial charge in [0.2, 0.25) is 5.91 Å². The molecular formula is C16H24BrNO. The summed E-state index contributed by atoms with van der Waals surface area (Å²) in [5, 5.41) is 4.06. The molecular weight excluding hydrogens is 302 g/mol. The van der Waals surface area contributed by atoms with E-state index in [2.05, 4.69) is 60.2 Å². The van der Waals surface area contributed by atoms with Crippen LogP contribution >= 0.6 is 15.9 Å². The lowest BCUT2D eigenvalue weighted by Gasteiger charge is -2.21. The molecule has 1 rings (SSSR count). The molecule has 0 saturated carbocycles. The van der Waals surface area contributed by atoms with Gasteiger partial charge in [0.25, 0.3) is 0 Å². The maximum atomic E-state index is 12.0. The van der Waals surface area contributed by atoms with Crippen LogP contribution in [-0.4, -0.2) is 17.3 Å². The second-order valence-corrected chi connectivity index (χ2v) is 6.18. The van der Waals surface area contributed by atoms with Gasteiger partial charge in [0.05, 0.1) is 0 Å². The number of aryl methyl sites for hydroxylation is 2. The Bertz CT molecular complexity index is 403. The molecule has 106 valence electrons. The molecule has 0 spiro atoms. The molecule has 1 atom stereocenters. The zero-order valence-corrected chi connectivity index (χ0v) is 13.7. The van der Waals surface area contributed by atoms with Gasteiger partial charge in [-0.25, -0.2) is 0 Å². The SMILES string of the molecule is Cc1cccc(CCC(=O)NC(CCBr)C(C)C)c1. The zero-order chi connectivity index (χ0) is 14.3. The molecule has 0 aliphatic rings. The van der Waals surface area contributed by atoms with E-state index in [1.165, 1.54) is 11.1 Å². The number of carbonyl (C=O) groups excluding carboxylic acids is 1. The molecule has 19 heavy (non-hydrogen) atoms. The highest BCUT2D eigenvalue weighted by Gasteiger charge is 2.15. The van der Waals surface area contributed by atoms with Crippen LogP contribution in [0.25, 0.3) is 0 Å². The molecule has 0 radical (unpaired) electrons. The first kappa shape index (κ1) is 16.2. The molecule has 1 unspecified atom stereocenters. The maximum absolute atomic E-state index is 12.0. The van der Waals surface area contributed by atoms with E-state index in [1.807, 2.05) is 6.07 Å². The van der Waals surface area contributed by atoms with Crippen molar-refractivity contribution >= 4 is 21.8 Å². The fraction of sp³-hybridized carbons (Fsp3) is 0.562. The van der Waals surface area contributed by atoms with Crippen molar-refractivity contribution in [1.29, 1.82) is 0 Å². The lowest BCUT2D eigenvalue weighted by atomic mass is 10.0. The van der Waals surface area contributed by atoms with Crippen LogP contribution in [0.3, 0.4) is 0 Å². The van der Waals surface area contributed by atoms with Crippen LogP contribution in [0.15, 0.2) is 24.3 Å². The fourth-order valence-electron chi connectivity index (χ4n) is 2.09. The molecule has 2 nitrogen and oxygen atoms in total. The Balaban J connectivity index is 2.42. The number of benzene rings is 1. The molecule has 0 aliphatic carbocycles. The Morgan fingerprint density at radius 1 is 1.37 bits per heavy atom. The van der Waals surface area contributed by atoms with Gasteiger partial charge in [-0.1, -0.05) is 59.6 Å². The highest BCUT2D eigenvalue weighted by atomic mass is 79.9. The van der Waals surface area contributed by atoms with Gasteiger partial charge in [0.15, 0.2) is 0 Å². The van der Waals surface area contributed by atoms with Crippen molar-refractivity contribution in [1.82, 2.24) is 5.32 Å². The summed E-state index contributed by atoms with van der Waals surface area (Å²) in [6, 6.07) is 8.62. The van der Waals surface area contributed by atoms with Crippen molar-refractivity contribution < 1.29 is 4.79 Å². The number of nitrogens with one attached hydrogen (secondary N) is 1. The normalized spacial score (nSPS) is 12.5. The van der Waals surface area contributed by atoms with Gasteiger partial charge < -0.3 is 5.32 Å². The third-order valence-electron chi connectivity index (χ3n) is 3.29. The van der Waals surface area contributed by atoms with Crippen LogP contribution in [0.1, 0.15) is 37.8 Å². The first-order valence-electron chi connectivity index (χ1n) is 6.93. The predicted octanol–water partition coefficient (Wildman–Crippen LogP) is 3.85. The molecule has 0 aliphatic heterocycles. The summed E-state index contributed by atoms with van der Waals surface area (Å²) in [6.45, 7) is 6.37. The summed E-state index contributed by atoms with van der Waals surface area (Å²) >= 11 is 3.44. The first-order valence-corrected chi connectivity index (χ1v) is 8.06. The third kappa shape index (κ3) is 6.24. The van der Waals surface area contributed by atoms with Crippen molar-refractivity contribution in [2.75, 3.05) is 5.33 Å². The molecule has 1 aromatic carbocycles. The van der Waals surface area contributed by atoms with Gasteiger partial charge in [-0.2, -0.15) is 0 Å². The van der Waals surface area contributed by atoms with E-state index in [0.717, 1.165) is 18.2 Å². The monoisotopic (exact) mass is 325 g/mol. The summed E-state index contributed by atoms with van der Waals surface area (Å²) in [5.41, 5.74) is 2.48. The van der Waals surface area contributed by atoms with E-state index in [0.29, 0.717) is 12.3 Å². The van der Waals surface area contributed by atoms with Crippen molar-refractivity contribution in [2.45, 2.75) is 46.1 Å².